The molecule has 2 rings (SSSR count). The van der Waals surface area contributed by atoms with Crippen molar-refractivity contribution >= 4 is 38.9 Å². The number of aromatic nitrogens is 1. The third-order valence-electron chi connectivity index (χ3n) is 3.23. The third kappa shape index (κ3) is 3.49. The lowest BCUT2D eigenvalue weighted by molar-refractivity contribution is -0.129. The summed E-state index contributed by atoms with van der Waals surface area (Å²) < 4.78 is 27.6. The molecule has 9 heteroatoms. The fourth-order valence-corrected chi connectivity index (χ4v) is 5.25. The molecule has 1 aliphatic rings. The van der Waals surface area contributed by atoms with E-state index in [0.717, 1.165) is 11.3 Å². The molecule has 0 aliphatic carbocycles. The molecule has 0 bridgehead atoms. The number of nitrogens with one attached hydrogen (secondary N) is 1. The maximum absolute atomic E-state index is 12.3. The molecule has 0 aromatic carbocycles. The van der Waals surface area contributed by atoms with Gasteiger partial charge in [-0.1, -0.05) is 22.9 Å². The lowest BCUT2D eigenvalue weighted by Crippen LogP contribution is -2.45. The van der Waals surface area contributed by atoms with E-state index in [9.17, 15) is 13.2 Å². The summed E-state index contributed by atoms with van der Waals surface area (Å²) in [6.07, 6.45) is 1.23. The summed E-state index contributed by atoms with van der Waals surface area (Å²) in [6.45, 7) is 4.29. The van der Waals surface area contributed by atoms with Crippen molar-refractivity contribution in [1.82, 2.24) is 14.6 Å². The Bertz CT molecular complexity index is 606. The van der Waals surface area contributed by atoms with Gasteiger partial charge >= 0.3 is 0 Å². The van der Waals surface area contributed by atoms with Crippen LogP contribution in [0.5, 0.6) is 0 Å². The van der Waals surface area contributed by atoms with E-state index in [0.29, 0.717) is 31.6 Å². The molecule has 1 fully saturated rings. The maximum Gasteiger partial charge on any atom is 0.252 e. The zero-order chi connectivity index (χ0) is 14.9. The first kappa shape index (κ1) is 15.7. The summed E-state index contributed by atoms with van der Waals surface area (Å²) in [5.41, 5.74) is 0.411. The van der Waals surface area contributed by atoms with E-state index in [-0.39, 0.29) is 20.6 Å². The lowest BCUT2D eigenvalue weighted by Gasteiger charge is -2.31. The van der Waals surface area contributed by atoms with Crippen molar-refractivity contribution in [3.63, 3.8) is 0 Å². The number of piperidine rings is 1. The van der Waals surface area contributed by atoms with Gasteiger partial charge < -0.3 is 4.90 Å². The molecule has 0 saturated carbocycles. The van der Waals surface area contributed by atoms with Crippen molar-refractivity contribution in [2.75, 3.05) is 13.1 Å². The van der Waals surface area contributed by atoms with E-state index in [1.54, 1.807) is 11.8 Å². The normalized spacial score (nSPS) is 17.4. The van der Waals surface area contributed by atoms with Crippen molar-refractivity contribution in [3.8, 4) is 0 Å². The van der Waals surface area contributed by atoms with Crippen LogP contribution in [0.2, 0.25) is 4.47 Å². The van der Waals surface area contributed by atoms with Gasteiger partial charge in [0.05, 0.1) is 5.69 Å². The van der Waals surface area contributed by atoms with Gasteiger partial charge in [0, 0.05) is 26.1 Å². The number of hydrogen-bond acceptors (Lipinski definition) is 5. The number of thiazole rings is 1. The van der Waals surface area contributed by atoms with Crippen LogP contribution in [0, 0.1) is 6.92 Å². The number of amides is 1. The van der Waals surface area contributed by atoms with Gasteiger partial charge in [-0.3, -0.25) is 4.79 Å². The van der Waals surface area contributed by atoms with Crippen LogP contribution >= 0.6 is 22.9 Å². The van der Waals surface area contributed by atoms with Crippen molar-refractivity contribution in [3.05, 3.63) is 10.2 Å². The Kier molecular flexibility index (Phi) is 4.68. The first-order valence-electron chi connectivity index (χ1n) is 6.20. The Hall–Kier alpha value is -0.700. The first-order valence-corrected chi connectivity index (χ1v) is 8.88. The van der Waals surface area contributed by atoms with Gasteiger partial charge in [0.2, 0.25) is 5.91 Å². The van der Waals surface area contributed by atoms with E-state index < -0.39 is 10.0 Å². The van der Waals surface area contributed by atoms with Gasteiger partial charge in [-0.2, -0.15) is 0 Å². The van der Waals surface area contributed by atoms with E-state index >= 15 is 0 Å². The summed E-state index contributed by atoms with van der Waals surface area (Å²) in [6, 6.07) is -0.157. The van der Waals surface area contributed by atoms with Crippen molar-refractivity contribution < 1.29 is 13.2 Å². The van der Waals surface area contributed by atoms with Crippen molar-refractivity contribution in [2.45, 2.75) is 36.9 Å². The molecule has 1 N–H and O–H groups in total. The molecule has 0 unspecified atom stereocenters. The second-order valence-corrected chi connectivity index (χ2v) is 8.23. The highest BCUT2D eigenvalue weighted by molar-refractivity contribution is 7.91. The van der Waals surface area contributed by atoms with Crippen LogP contribution in [0.25, 0.3) is 0 Å². The number of halogens is 1. The Morgan fingerprint density at radius 3 is 2.50 bits per heavy atom. The second-order valence-electron chi connectivity index (χ2n) is 4.74. The fourth-order valence-electron chi connectivity index (χ4n) is 2.19. The average molecular weight is 338 g/mol. The van der Waals surface area contributed by atoms with Crippen LogP contribution in [0.3, 0.4) is 0 Å². The zero-order valence-corrected chi connectivity index (χ0v) is 13.6. The number of hydrogen-bond donors (Lipinski definition) is 1. The highest BCUT2D eigenvalue weighted by Gasteiger charge is 2.28. The molecule has 1 aliphatic heterocycles. The monoisotopic (exact) mass is 337 g/mol. The third-order valence-corrected chi connectivity index (χ3v) is 6.63. The number of rotatable bonds is 3. The predicted molar refractivity (Wildman–Crippen MR) is 77.5 cm³/mol. The molecular formula is C11H16ClN3O3S2. The fraction of sp³-hybridized carbons (Fsp3) is 0.636. The zero-order valence-electron chi connectivity index (χ0n) is 11.2. The quantitative estimate of drug-likeness (QED) is 0.904. The van der Waals surface area contributed by atoms with E-state index in [1.807, 2.05) is 0 Å². The largest absolute Gasteiger partial charge is 0.343 e. The summed E-state index contributed by atoms with van der Waals surface area (Å²) in [5, 5.41) is 0. The minimum absolute atomic E-state index is 0.0244. The molecule has 1 aromatic rings. The number of carbonyl (C=O) groups is 1. The summed E-state index contributed by atoms with van der Waals surface area (Å²) in [7, 11) is -3.59. The maximum atomic E-state index is 12.3. The average Bonchev–Trinajstić information content (AvgIpc) is 2.69. The number of likely N-dealkylation sites (tertiary alicyclic amines) is 1. The molecule has 1 amide bonds. The molecule has 112 valence electrons. The topological polar surface area (TPSA) is 79.4 Å². The van der Waals surface area contributed by atoms with Gasteiger partial charge in [-0.15, -0.1) is 0 Å². The van der Waals surface area contributed by atoms with Crippen LogP contribution in [0.15, 0.2) is 4.21 Å². The van der Waals surface area contributed by atoms with Gasteiger partial charge in [-0.05, 0) is 19.8 Å². The van der Waals surface area contributed by atoms with E-state index in [4.69, 9.17) is 11.6 Å². The minimum atomic E-state index is -3.59. The molecule has 2 heterocycles. The second kappa shape index (κ2) is 5.97. The van der Waals surface area contributed by atoms with Crippen LogP contribution in [0.1, 0.15) is 25.5 Å². The van der Waals surface area contributed by atoms with Gasteiger partial charge in [0.1, 0.15) is 0 Å². The number of carbonyl (C=O) groups excluding carboxylic acids is 1. The standard InChI is InChI=1S/C11H16ClN3O3S2/c1-7-10(19-11(12)13-7)20(17,18)14-9-3-5-15(6-4-9)8(2)16/h9,14H,3-6H2,1-2H3. The molecule has 6 nitrogen and oxygen atoms in total. The highest BCUT2D eigenvalue weighted by Crippen LogP contribution is 2.27. The summed E-state index contributed by atoms with van der Waals surface area (Å²) in [4.78, 5) is 16.9. The molecule has 0 radical (unpaired) electrons. The molecule has 0 atom stereocenters. The molecule has 0 spiro atoms. The van der Waals surface area contributed by atoms with Crippen LogP contribution < -0.4 is 4.72 Å². The predicted octanol–water partition coefficient (Wildman–Crippen LogP) is 1.39. The van der Waals surface area contributed by atoms with E-state index in [1.165, 1.54) is 6.92 Å². The summed E-state index contributed by atoms with van der Waals surface area (Å²) >= 11 is 6.69. The Labute approximate surface area is 127 Å². The SMILES string of the molecule is CC(=O)N1CCC(NS(=O)(=O)c2sc(Cl)nc2C)CC1. The van der Waals surface area contributed by atoms with Crippen LogP contribution in [0.4, 0.5) is 0 Å². The van der Waals surface area contributed by atoms with E-state index in [2.05, 4.69) is 9.71 Å². The molecule has 20 heavy (non-hydrogen) atoms. The molecule has 1 saturated heterocycles. The molecular weight excluding hydrogens is 322 g/mol. The number of aryl methyl sites for hydroxylation is 1. The van der Waals surface area contributed by atoms with Crippen LogP contribution in [-0.4, -0.2) is 43.3 Å². The Morgan fingerprint density at radius 2 is 2.05 bits per heavy atom. The smallest absolute Gasteiger partial charge is 0.252 e. The Morgan fingerprint density at radius 1 is 1.45 bits per heavy atom. The Balaban J connectivity index is 2.03. The van der Waals surface area contributed by atoms with Crippen LogP contribution in [-0.2, 0) is 14.8 Å². The number of sulfonamides is 1. The van der Waals surface area contributed by atoms with Gasteiger partial charge in [0.25, 0.3) is 10.0 Å². The first-order chi connectivity index (χ1) is 9.29. The van der Waals surface area contributed by atoms with Gasteiger partial charge in [-0.25, -0.2) is 18.1 Å². The molecule has 1 aromatic heterocycles. The number of nitrogens with zero attached hydrogens (tertiary/aromatic N) is 2. The van der Waals surface area contributed by atoms with Crippen molar-refractivity contribution in [1.29, 1.82) is 0 Å². The lowest BCUT2D eigenvalue weighted by atomic mass is 10.1. The minimum Gasteiger partial charge on any atom is -0.343 e. The highest BCUT2D eigenvalue weighted by atomic mass is 35.5. The summed E-state index contributed by atoms with van der Waals surface area (Å²) in [5.74, 6) is 0.0244. The van der Waals surface area contributed by atoms with Gasteiger partial charge in [0.15, 0.2) is 8.68 Å². The van der Waals surface area contributed by atoms with Crippen molar-refractivity contribution in [2.24, 2.45) is 0 Å².